The second-order valence-electron chi connectivity index (χ2n) is 10.0. The summed E-state index contributed by atoms with van der Waals surface area (Å²) >= 11 is 0. The number of carboxylic acids is 2. The molecule has 1 atom stereocenters. The Morgan fingerprint density at radius 1 is 1.09 bits per heavy atom. The summed E-state index contributed by atoms with van der Waals surface area (Å²) in [5.74, 6) is -2.14. The molecule has 184 valence electrons. The zero-order valence-electron chi connectivity index (χ0n) is 20.3. The van der Waals surface area contributed by atoms with Gasteiger partial charge in [-0.3, -0.25) is 4.79 Å². The van der Waals surface area contributed by atoms with Crippen LogP contribution < -0.4 is 15.6 Å². The summed E-state index contributed by atoms with van der Waals surface area (Å²) in [6.45, 7) is 9.76. The number of anilines is 2. The van der Waals surface area contributed by atoms with Crippen LogP contribution in [0.3, 0.4) is 0 Å². The van der Waals surface area contributed by atoms with Gasteiger partial charge in [0, 0.05) is 24.7 Å². The van der Waals surface area contributed by atoms with E-state index in [-0.39, 0.29) is 27.7 Å². The lowest BCUT2D eigenvalue weighted by molar-refractivity contribution is 0.0652. The smallest absolute Gasteiger partial charge is 0.338 e. The molecule has 1 fully saturated rings. The summed E-state index contributed by atoms with van der Waals surface area (Å²) in [5.41, 5.74) is 1.66. The molecule has 1 aliphatic heterocycles. The molecule has 8 heteroatoms. The van der Waals surface area contributed by atoms with E-state index in [0.29, 0.717) is 22.4 Å². The van der Waals surface area contributed by atoms with Crippen molar-refractivity contribution in [1.82, 2.24) is 0 Å². The number of rotatable bonds is 6. The van der Waals surface area contributed by atoms with E-state index in [1.807, 2.05) is 19.9 Å². The molecule has 0 aliphatic carbocycles. The van der Waals surface area contributed by atoms with Crippen molar-refractivity contribution in [2.75, 3.05) is 23.3 Å². The Labute approximate surface area is 203 Å². The van der Waals surface area contributed by atoms with Crippen molar-refractivity contribution in [1.29, 1.82) is 0 Å². The number of aromatic carboxylic acids is 2. The SMILES string of the molecule is Cc1cc([C@@H](C)Nc2cccc(C(=O)O)c2C(=O)O)c2oc(N3CCC(C)(C)CC3)cc(=O)c2c1. The topological polar surface area (TPSA) is 120 Å². The number of hydrogen-bond acceptors (Lipinski definition) is 6. The molecule has 8 nitrogen and oxygen atoms in total. The molecular weight excluding hydrogens is 448 g/mol. The first-order valence-electron chi connectivity index (χ1n) is 11.7. The van der Waals surface area contributed by atoms with Gasteiger partial charge in [-0.2, -0.15) is 0 Å². The quantitative estimate of drug-likeness (QED) is 0.437. The van der Waals surface area contributed by atoms with Gasteiger partial charge < -0.3 is 24.8 Å². The molecule has 0 bridgehead atoms. The minimum absolute atomic E-state index is 0.137. The number of hydrogen-bond donors (Lipinski definition) is 3. The fraction of sp³-hybridized carbons (Fsp3) is 0.370. The lowest BCUT2D eigenvalue weighted by Gasteiger charge is -2.37. The molecule has 4 rings (SSSR count). The Morgan fingerprint density at radius 2 is 1.77 bits per heavy atom. The minimum atomic E-state index is -1.34. The molecule has 1 aliphatic rings. The van der Waals surface area contributed by atoms with E-state index in [1.165, 1.54) is 18.2 Å². The molecule has 0 saturated carbocycles. The molecule has 0 radical (unpaired) electrons. The second kappa shape index (κ2) is 9.09. The number of nitrogens with one attached hydrogen (secondary N) is 1. The summed E-state index contributed by atoms with van der Waals surface area (Å²) < 4.78 is 6.31. The molecule has 0 spiro atoms. The van der Waals surface area contributed by atoms with Gasteiger partial charge in [-0.25, -0.2) is 9.59 Å². The van der Waals surface area contributed by atoms with Crippen molar-refractivity contribution in [2.45, 2.75) is 46.6 Å². The monoisotopic (exact) mass is 478 g/mol. The van der Waals surface area contributed by atoms with Crippen LogP contribution >= 0.6 is 0 Å². The molecular formula is C27H30N2O6. The number of benzene rings is 2. The molecule has 35 heavy (non-hydrogen) atoms. The number of carboxylic acid groups (broad SMARTS) is 2. The van der Waals surface area contributed by atoms with Crippen molar-refractivity contribution < 1.29 is 24.2 Å². The highest BCUT2D eigenvalue weighted by atomic mass is 16.4. The van der Waals surface area contributed by atoms with E-state index in [2.05, 4.69) is 24.1 Å². The number of carbonyl (C=O) groups is 2. The fourth-order valence-electron chi connectivity index (χ4n) is 4.62. The van der Waals surface area contributed by atoms with E-state index in [9.17, 15) is 24.6 Å². The van der Waals surface area contributed by atoms with Gasteiger partial charge >= 0.3 is 11.9 Å². The summed E-state index contributed by atoms with van der Waals surface area (Å²) in [4.78, 5) is 38.6. The molecule has 3 aromatic rings. The van der Waals surface area contributed by atoms with Gasteiger partial charge in [-0.05, 0) is 55.9 Å². The van der Waals surface area contributed by atoms with Gasteiger partial charge in [0.2, 0.25) is 0 Å². The second-order valence-corrected chi connectivity index (χ2v) is 10.0. The van der Waals surface area contributed by atoms with Crippen LogP contribution in [0.25, 0.3) is 11.0 Å². The predicted octanol–water partition coefficient (Wildman–Crippen LogP) is 5.30. The summed E-state index contributed by atoms with van der Waals surface area (Å²) in [7, 11) is 0. The third-order valence-corrected chi connectivity index (χ3v) is 6.76. The Morgan fingerprint density at radius 3 is 2.40 bits per heavy atom. The maximum absolute atomic E-state index is 13.1. The summed E-state index contributed by atoms with van der Waals surface area (Å²) in [5, 5.41) is 22.7. The van der Waals surface area contributed by atoms with Crippen molar-refractivity contribution >= 4 is 34.5 Å². The Balaban J connectivity index is 1.77. The third kappa shape index (κ3) is 4.87. The normalized spacial score (nSPS) is 16.2. The zero-order valence-corrected chi connectivity index (χ0v) is 20.3. The van der Waals surface area contributed by atoms with Crippen LogP contribution in [0.2, 0.25) is 0 Å². The van der Waals surface area contributed by atoms with E-state index >= 15 is 0 Å². The first kappa shape index (κ1) is 24.3. The van der Waals surface area contributed by atoms with E-state index in [0.717, 1.165) is 31.5 Å². The molecule has 0 unspecified atom stereocenters. The first-order valence-corrected chi connectivity index (χ1v) is 11.7. The van der Waals surface area contributed by atoms with Crippen LogP contribution in [-0.4, -0.2) is 35.2 Å². The van der Waals surface area contributed by atoms with Gasteiger partial charge in [-0.1, -0.05) is 26.0 Å². The predicted molar refractivity (Wildman–Crippen MR) is 135 cm³/mol. The first-order chi connectivity index (χ1) is 16.5. The summed E-state index contributed by atoms with van der Waals surface area (Å²) in [6.07, 6.45) is 1.98. The average molecular weight is 479 g/mol. The van der Waals surface area contributed by atoms with Gasteiger partial charge in [0.1, 0.15) is 5.58 Å². The van der Waals surface area contributed by atoms with Crippen molar-refractivity contribution in [3.63, 3.8) is 0 Å². The van der Waals surface area contributed by atoms with E-state index < -0.39 is 18.0 Å². The largest absolute Gasteiger partial charge is 0.478 e. The maximum Gasteiger partial charge on any atom is 0.338 e. The average Bonchev–Trinajstić information content (AvgIpc) is 2.78. The Kier molecular flexibility index (Phi) is 6.32. The van der Waals surface area contributed by atoms with Gasteiger partial charge in [0.25, 0.3) is 0 Å². The lowest BCUT2D eigenvalue weighted by Crippen LogP contribution is -2.37. The fourth-order valence-corrected chi connectivity index (χ4v) is 4.62. The van der Waals surface area contributed by atoms with Crippen LogP contribution in [0.4, 0.5) is 11.6 Å². The molecule has 2 heterocycles. The molecule has 2 aromatic carbocycles. The Bertz CT molecular complexity index is 1360. The Hall–Kier alpha value is -3.81. The van der Waals surface area contributed by atoms with Crippen molar-refractivity contribution in [3.05, 3.63) is 68.9 Å². The van der Waals surface area contributed by atoms with Crippen molar-refractivity contribution in [3.8, 4) is 0 Å². The van der Waals surface area contributed by atoms with Crippen molar-refractivity contribution in [2.24, 2.45) is 5.41 Å². The van der Waals surface area contributed by atoms with Crippen LogP contribution in [0, 0.1) is 12.3 Å². The highest BCUT2D eigenvalue weighted by molar-refractivity contribution is 6.05. The minimum Gasteiger partial charge on any atom is -0.478 e. The highest BCUT2D eigenvalue weighted by Gasteiger charge is 2.28. The summed E-state index contributed by atoms with van der Waals surface area (Å²) in [6, 6.07) is 9.03. The van der Waals surface area contributed by atoms with Gasteiger partial charge in [0.15, 0.2) is 11.3 Å². The molecule has 0 amide bonds. The van der Waals surface area contributed by atoms with Crippen LogP contribution in [0.5, 0.6) is 0 Å². The molecule has 3 N–H and O–H groups in total. The molecule has 1 aromatic heterocycles. The number of aryl methyl sites for hydroxylation is 1. The lowest BCUT2D eigenvalue weighted by atomic mass is 9.83. The van der Waals surface area contributed by atoms with E-state index in [4.69, 9.17) is 4.42 Å². The zero-order chi connectivity index (χ0) is 25.5. The van der Waals surface area contributed by atoms with Gasteiger partial charge in [0.05, 0.1) is 28.2 Å². The van der Waals surface area contributed by atoms with Gasteiger partial charge in [-0.15, -0.1) is 0 Å². The standard InChI is InChI=1S/C27H30N2O6/c1-15-12-18(16(2)28-20-7-5-6-17(25(31)32)23(20)26(33)34)24-19(13-15)21(30)14-22(35-24)29-10-8-27(3,4)9-11-29/h5-7,12-14,16,28H,8-11H2,1-4H3,(H,31,32)(H,33,34)/t16-/m1/s1. The highest BCUT2D eigenvalue weighted by Crippen LogP contribution is 2.35. The number of nitrogens with zero attached hydrogens (tertiary/aromatic N) is 1. The molecule has 1 saturated heterocycles. The third-order valence-electron chi connectivity index (χ3n) is 6.76. The number of fused-ring (bicyclic) bond motifs is 1. The van der Waals surface area contributed by atoms with E-state index in [1.54, 1.807) is 12.1 Å². The van der Waals surface area contributed by atoms with Crippen LogP contribution in [0.1, 0.15) is 71.5 Å². The van der Waals surface area contributed by atoms with Crippen LogP contribution in [-0.2, 0) is 0 Å². The van der Waals surface area contributed by atoms with Crippen LogP contribution in [0.15, 0.2) is 45.6 Å². The number of piperidine rings is 1. The maximum atomic E-state index is 13.1.